The van der Waals surface area contributed by atoms with Gasteiger partial charge in [0.2, 0.25) is 0 Å². The monoisotopic (exact) mass is 395 g/mol. The molecule has 2 aromatic heterocycles. The fourth-order valence-corrected chi connectivity index (χ4v) is 3.63. The maximum atomic E-state index is 13.1. The summed E-state index contributed by atoms with van der Waals surface area (Å²) < 4.78 is 19.5. The molecule has 0 aliphatic heterocycles. The first-order chi connectivity index (χ1) is 13.6. The Morgan fingerprint density at radius 1 is 1.14 bits per heavy atom. The molecule has 0 aliphatic rings. The number of carbonyl (C=O) groups is 2. The Morgan fingerprint density at radius 2 is 1.89 bits per heavy atom. The van der Waals surface area contributed by atoms with Gasteiger partial charge in [0.25, 0.3) is 5.91 Å². The summed E-state index contributed by atoms with van der Waals surface area (Å²) in [5.74, 6) is -1.24. The molecule has 0 saturated carbocycles. The van der Waals surface area contributed by atoms with Crippen LogP contribution in [0.15, 0.2) is 60.1 Å². The predicted molar refractivity (Wildman–Crippen MR) is 104 cm³/mol. The third-order valence-corrected chi connectivity index (χ3v) is 5.00. The number of ether oxygens (including phenoxy) is 1. The van der Waals surface area contributed by atoms with Crippen molar-refractivity contribution in [3.8, 4) is 11.3 Å². The summed E-state index contributed by atoms with van der Waals surface area (Å²) in [6, 6.07) is 12.6. The predicted octanol–water partition coefficient (Wildman–Crippen LogP) is 4.24. The number of benzene rings is 2. The van der Waals surface area contributed by atoms with E-state index in [9.17, 15) is 14.0 Å². The number of imidazole rings is 1. The highest BCUT2D eigenvalue weighted by molar-refractivity contribution is 7.15. The normalized spacial score (nSPS) is 10.8. The second kappa shape index (κ2) is 7.24. The fraction of sp³-hybridized carbons (Fsp3) is 0.0500. The van der Waals surface area contributed by atoms with Crippen LogP contribution in [-0.4, -0.2) is 28.4 Å². The number of thiazole rings is 1. The Morgan fingerprint density at radius 3 is 2.64 bits per heavy atom. The van der Waals surface area contributed by atoms with Gasteiger partial charge in [-0.05, 0) is 36.4 Å². The van der Waals surface area contributed by atoms with E-state index in [1.807, 2.05) is 0 Å². The molecule has 4 aromatic rings. The molecule has 0 radical (unpaired) electrons. The number of amides is 1. The summed E-state index contributed by atoms with van der Waals surface area (Å²) in [4.78, 5) is 29.8. The van der Waals surface area contributed by atoms with Crippen molar-refractivity contribution in [3.05, 3.63) is 77.2 Å². The van der Waals surface area contributed by atoms with Crippen molar-refractivity contribution in [1.82, 2.24) is 9.38 Å². The highest BCUT2D eigenvalue weighted by Crippen LogP contribution is 2.25. The topological polar surface area (TPSA) is 72.7 Å². The molecule has 0 unspecified atom stereocenters. The van der Waals surface area contributed by atoms with Crippen molar-refractivity contribution in [1.29, 1.82) is 0 Å². The second-order valence-corrected chi connectivity index (χ2v) is 6.73. The minimum absolute atomic E-state index is 0.266. The van der Waals surface area contributed by atoms with Crippen LogP contribution in [0.2, 0.25) is 0 Å². The van der Waals surface area contributed by atoms with Crippen molar-refractivity contribution in [2.45, 2.75) is 0 Å². The smallest absolute Gasteiger partial charge is 0.339 e. The first-order valence-electron chi connectivity index (χ1n) is 8.28. The molecule has 0 fully saturated rings. The molecular weight excluding hydrogens is 381 g/mol. The van der Waals surface area contributed by atoms with E-state index in [1.54, 1.807) is 52.4 Å². The van der Waals surface area contributed by atoms with Crippen molar-refractivity contribution in [2.24, 2.45) is 0 Å². The summed E-state index contributed by atoms with van der Waals surface area (Å²) in [7, 11) is 1.28. The lowest BCUT2D eigenvalue weighted by molar-refractivity contribution is 0.0602. The van der Waals surface area contributed by atoms with Crippen LogP contribution in [0.25, 0.3) is 16.2 Å². The van der Waals surface area contributed by atoms with Gasteiger partial charge in [0.1, 0.15) is 11.5 Å². The van der Waals surface area contributed by atoms with Gasteiger partial charge < -0.3 is 10.1 Å². The molecule has 0 spiro atoms. The van der Waals surface area contributed by atoms with Crippen LogP contribution in [0.4, 0.5) is 10.1 Å². The molecule has 6 nitrogen and oxygen atoms in total. The van der Waals surface area contributed by atoms with E-state index in [0.717, 1.165) is 5.56 Å². The van der Waals surface area contributed by atoms with Crippen LogP contribution in [0.3, 0.4) is 0 Å². The maximum absolute atomic E-state index is 13.1. The summed E-state index contributed by atoms with van der Waals surface area (Å²) in [5, 5.41) is 4.43. The van der Waals surface area contributed by atoms with Gasteiger partial charge in [0.05, 0.1) is 24.1 Å². The van der Waals surface area contributed by atoms with Crippen LogP contribution < -0.4 is 5.32 Å². The number of fused-ring (bicyclic) bond motifs is 1. The van der Waals surface area contributed by atoms with E-state index < -0.39 is 5.97 Å². The zero-order valence-corrected chi connectivity index (χ0v) is 15.5. The lowest BCUT2D eigenvalue weighted by Crippen LogP contribution is -2.16. The number of halogens is 1. The fourth-order valence-electron chi connectivity index (χ4n) is 2.77. The van der Waals surface area contributed by atoms with Gasteiger partial charge in [0.15, 0.2) is 4.96 Å². The van der Waals surface area contributed by atoms with Gasteiger partial charge in [0, 0.05) is 17.1 Å². The van der Waals surface area contributed by atoms with E-state index in [-0.39, 0.29) is 17.3 Å². The number of carbonyl (C=O) groups excluding carboxylic acids is 2. The van der Waals surface area contributed by atoms with Crippen LogP contribution in [0.1, 0.15) is 20.8 Å². The molecule has 4 rings (SSSR count). The van der Waals surface area contributed by atoms with E-state index in [1.165, 1.54) is 30.6 Å². The van der Waals surface area contributed by atoms with Crippen LogP contribution in [-0.2, 0) is 4.74 Å². The summed E-state index contributed by atoms with van der Waals surface area (Å²) >= 11 is 1.31. The average Bonchev–Trinajstić information content (AvgIpc) is 3.29. The van der Waals surface area contributed by atoms with Gasteiger partial charge in [-0.1, -0.05) is 12.1 Å². The first kappa shape index (κ1) is 17.9. The van der Waals surface area contributed by atoms with Gasteiger partial charge in [-0.3, -0.25) is 9.20 Å². The first-order valence-corrected chi connectivity index (χ1v) is 9.16. The number of hydrogen-bond donors (Lipinski definition) is 1. The van der Waals surface area contributed by atoms with Gasteiger partial charge in [-0.15, -0.1) is 11.3 Å². The van der Waals surface area contributed by atoms with Crippen LogP contribution >= 0.6 is 11.3 Å². The zero-order valence-electron chi connectivity index (χ0n) is 14.7. The quantitative estimate of drug-likeness (QED) is 0.525. The van der Waals surface area contributed by atoms with Crippen molar-refractivity contribution < 1.29 is 18.7 Å². The number of aromatic nitrogens is 2. The molecule has 8 heteroatoms. The van der Waals surface area contributed by atoms with E-state index >= 15 is 0 Å². The average molecular weight is 395 g/mol. The summed E-state index contributed by atoms with van der Waals surface area (Å²) in [5.41, 5.74) is 2.39. The third kappa shape index (κ3) is 3.25. The number of para-hydroxylation sites is 1. The van der Waals surface area contributed by atoms with E-state index in [0.29, 0.717) is 22.0 Å². The number of hydrogen-bond acceptors (Lipinski definition) is 5. The maximum Gasteiger partial charge on any atom is 0.339 e. The third-order valence-electron chi connectivity index (χ3n) is 4.16. The van der Waals surface area contributed by atoms with Gasteiger partial charge >= 0.3 is 5.97 Å². The Bertz CT molecular complexity index is 1180. The SMILES string of the molecule is COC(=O)c1ccccc1NC(=O)c1csc2nc(-c3ccc(F)cc3)cn12. The van der Waals surface area contributed by atoms with Gasteiger partial charge in [-0.2, -0.15) is 0 Å². The summed E-state index contributed by atoms with van der Waals surface area (Å²) in [6.45, 7) is 0. The molecule has 0 saturated heterocycles. The Kier molecular flexibility index (Phi) is 4.62. The molecule has 0 aliphatic carbocycles. The molecule has 0 atom stereocenters. The number of methoxy groups -OCH3 is 1. The number of nitrogens with one attached hydrogen (secondary N) is 1. The Hall–Kier alpha value is -3.52. The van der Waals surface area contributed by atoms with Gasteiger partial charge in [-0.25, -0.2) is 14.2 Å². The molecular formula is C20H14FN3O3S. The lowest BCUT2D eigenvalue weighted by Gasteiger charge is -2.09. The minimum atomic E-state index is -0.535. The Labute approximate surface area is 163 Å². The molecule has 1 N–H and O–H groups in total. The molecule has 2 aromatic carbocycles. The van der Waals surface area contributed by atoms with Crippen molar-refractivity contribution in [2.75, 3.05) is 12.4 Å². The van der Waals surface area contributed by atoms with E-state index in [4.69, 9.17) is 4.74 Å². The number of esters is 1. The van der Waals surface area contributed by atoms with Crippen LogP contribution in [0, 0.1) is 5.82 Å². The Balaban J connectivity index is 1.65. The number of anilines is 1. The number of nitrogens with zero attached hydrogens (tertiary/aromatic N) is 2. The minimum Gasteiger partial charge on any atom is -0.465 e. The van der Waals surface area contributed by atoms with Crippen LogP contribution in [0.5, 0.6) is 0 Å². The van der Waals surface area contributed by atoms with Crippen molar-refractivity contribution in [3.63, 3.8) is 0 Å². The zero-order chi connectivity index (χ0) is 19.7. The molecule has 1 amide bonds. The summed E-state index contributed by atoms with van der Waals surface area (Å²) in [6.07, 6.45) is 1.72. The second-order valence-electron chi connectivity index (χ2n) is 5.90. The number of rotatable bonds is 4. The molecule has 28 heavy (non-hydrogen) atoms. The van der Waals surface area contributed by atoms with E-state index in [2.05, 4.69) is 10.3 Å². The molecule has 140 valence electrons. The molecule has 0 bridgehead atoms. The lowest BCUT2D eigenvalue weighted by atomic mass is 10.1. The largest absolute Gasteiger partial charge is 0.465 e. The highest BCUT2D eigenvalue weighted by Gasteiger charge is 2.18. The molecule has 2 heterocycles. The standard InChI is InChI=1S/C20H14FN3O3S/c1-27-19(26)14-4-2-3-5-15(14)22-18(25)17-11-28-20-23-16(10-24(17)20)12-6-8-13(21)9-7-12/h2-11H,1H3,(H,22,25). The van der Waals surface area contributed by atoms with Crippen molar-refractivity contribution >= 4 is 33.9 Å². The highest BCUT2D eigenvalue weighted by atomic mass is 32.1.